The molecule has 1 aliphatic rings. The van der Waals surface area contributed by atoms with E-state index in [0.29, 0.717) is 5.88 Å². The molecule has 1 aliphatic heterocycles. The Kier molecular flexibility index (Phi) is 2.98. The van der Waals surface area contributed by atoms with Gasteiger partial charge >= 0.3 is 0 Å². The zero-order valence-electron chi connectivity index (χ0n) is 9.66. The summed E-state index contributed by atoms with van der Waals surface area (Å²) in [5.74, 6) is 1.55. The highest BCUT2D eigenvalue weighted by Crippen LogP contribution is 2.37. The lowest BCUT2D eigenvalue weighted by Gasteiger charge is -2.18. The topological polar surface area (TPSA) is 76.3 Å². The largest absolute Gasteiger partial charge is 0.479 e. The second-order valence-electron chi connectivity index (χ2n) is 3.74. The molecule has 0 saturated heterocycles. The number of unbranched alkanes of at least 4 members (excludes halogenated alkanes) is 1. The number of rotatable bonds is 4. The van der Waals surface area contributed by atoms with Crippen molar-refractivity contribution < 1.29 is 4.74 Å². The monoisotopic (exact) mass is 223 g/mol. The number of nitrogens with two attached hydrogens (primary N) is 1. The summed E-state index contributed by atoms with van der Waals surface area (Å²) >= 11 is 0. The fourth-order valence-electron chi connectivity index (χ4n) is 1.79. The maximum Gasteiger partial charge on any atom is 0.244 e. The normalized spacial score (nSPS) is 13.5. The summed E-state index contributed by atoms with van der Waals surface area (Å²) in [6.07, 6.45) is 2.29. The van der Waals surface area contributed by atoms with E-state index in [1.807, 2.05) is 0 Å². The number of methoxy groups -OCH3 is 1. The molecule has 0 bridgehead atoms. The minimum absolute atomic E-state index is 0.237. The first kappa shape index (κ1) is 10.8. The van der Waals surface area contributed by atoms with E-state index in [-0.39, 0.29) is 5.95 Å². The van der Waals surface area contributed by atoms with Gasteiger partial charge in [-0.25, -0.2) is 0 Å². The maximum atomic E-state index is 5.59. The van der Waals surface area contributed by atoms with Crippen LogP contribution >= 0.6 is 0 Å². The third-order valence-electron chi connectivity index (χ3n) is 2.60. The predicted molar refractivity (Wildman–Crippen MR) is 63.7 cm³/mol. The van der Waals surface area contributed by atoms with E-state index in [1.165, 1.54) is 0 Å². The van der Waals surface area contributed by atoms with Gasteiger partial charge in [0.1, 0.15) is 5.69 Å². The zero-order valence-corrected chi connectivity index (χ0v) is 9.66. The van der Waals surface area contributed by atoms with Gasteiger partial charge in [-0.1, -0.05) is 13.3 Å². The molecule has 2 rings (SSSR count). The van der Waals surface area contributed by atoms with Crippen LogP contribution in [-0.4, -0.2) is 30.3 Å². The van der Waals surface area contributed by atoms with E-state index < -0.39 is 0 Å². The lowest BCUT2D eigenvalue weighted by Crippen LogP contribution is -2.24. The Hall–Kier alpha value is -1.72. The molecule has 6 nitrogen and oxygen atoms in total. The van der Waals surface area contributed by atoms with Gasteiger partial charge in [-0.15, -0.1) is 0 Å². The van der Waals surface area contributed by atoms with Crippen molar-refractivity contribution in [1.82, 2.24) is 9.97 Å². The van der Waals surface area contributed by atoms with Crippen LogP contribution in [0.15, 0.2) is 0 Å². The maximum absolute atomic E-state index is 5.59. The number of anilines is 3. The second kappa shape index (κ2) is 4.42. The van der Waals surface area contributed by atoms with Crippen LogP contribution in [0.25, 0.3) is 0 Å². The summed E-state index contributed by atoms with van der Waals surface area (Å²) in [4.78, 5) is 10.4. The molecule has 0 aliphatic carbocycles. The fourth-order valence-corrected chi connectivity index (χ4v) is 1.79. The van der Waals surface area contributed by atoms with Gasteiger partial charge in [0, 0.05) is 6.54 Å². The number of aromatic nitrogens is 2. The van der Waals surface area contributed by atoms with Gasteiger partial charge in [0.2, 0.25) is 11.8 Å². The zero-order chi connectivity index (χ0) is 11.5. The molecule has 0 saturated carbocycles. The second-order valence-corrected chi connectivity index (χ2v) is 3.74. The molecule has 0 radical (unpaired) electrons. The Balaban J connectivity index is 2.29. The molecule has 0 amide bonds. The van der Waals surface area contributed by atoms with Gasteiger partial charge < -0.3 is 20.7 Å². The van der Waals surface area contributed by atoms with Gasteiger partial charge in [0.25, 0.3) is 0 Å². The molecule has 3 N–H and O–H groups in total. The summed E-state index contributed by atoms with van der Waals surface area (Å²) in [5, 5.41) is 3.19. The van der Waals surface area contributed by atoms with E-state index >= 15 is 0 Å². The summed E-state index contributed by atoms with van der Waals surface area (Å²) in [6.45, 7) is 3.88. The van der Waals surface area contributed by atoms with Crippen LogP contribution in [0.4, 0.5) is 17.5 Å². The Morgan fingerprint density at radius 3 is 3.00 bits per heavy atom. The minimum Gasteiger partial charge on any atom is -0.479 e. The van der Waals surface area contributed by atoms with Crippen molar-refractivity contribution in [3.05, 3.63) is 0 Å². The molecule has 1 aromatic heterocycles. The standard InChI is InChI=1S/C10H17N5O/c1-3-4-5-15-6-12-8-7(15)9(16-2)14-10(11)13-8/h3-6H2,1-2H3,(H3,11,12,13,14). The van der Waals surface area contributed by atoms with Gasteiger partial charge in [0.05, 0.1) is 13.8 Å². The Morgan fingerprint density at radius 2 is 2.31 bits per heavy atom. The van der Waals surface area contributed by atoms with E-state index in [2.05, 4.69) is 27.1 Å². The molecule has 0 aromatic carbocycles. The quantitative estimate of drug-likeness (QED) is 0.794. The molecule has 88 valence electrons. The molecule has 0 atom stereocenters. The smallest absolute Gasteiger partial charge is 0.244 e. The van der Waals surface area contributed by atoms with Crippen LogP contribution in [0.1, 0.15) is 19.8 Å². The molecule has 0 unspecified atom stereocenters. The first-order chi connectivity index (χ1) is 7.76. The Bertz CT molecular complexity index is 382. The summed E-state index contributed by atoms with van der Waals surface area (Å²) in [7, 11) is 1.60. The molecule has 0 spiro atoms. The minimum atomic E-state index is 0.237. The van der Waals surface area contributed by atoms with Crippen molar-refractivity contribution >= 4 is 17.5 Å². The number of nitrogens with zero attached hydrogens (tertiary/aromatic N) is 3. The molecular weight excluding hydrogens is 206 g/mol. The SMILES string of the molecule is CCCCN1CNc2nc(N)nc(OC)c21. The molecule has 6 heteroatoms. The van der Waals surface area contributed by atoms with Crippen LogP contribution in [0.5, 0.6) is 5.88 Å². The van der Waals surface area contributed by atoms with Crippen molar-refractivity contribution in [3.63, 3.8) is 0 Å². The van der Waals surface area contributed by atoms with E-state index in [9.17, 15) is 0 Å². The van der Waals surface area contributed by atoms with Crippen LogP contribution in [0.2, 0.25) is 0 Å². The van der Waals surface area contributed by atoms with Crippen molar-refractivity contribution in [1.29, 1.82) is 0 Å². The first-order valence-electron chi connectivity index (χ1n) is 5.46. The van der Waals surface area contributed by atoms with E-state index in [4.69, 9.17) is 10.5 Å². The molecule has 16 heavy (non-hydrogen) atoms. The molecular formula is C10H17N5O. The average Bonchev–Trinajstić information content (AvgIpc) is 2.68. The molecule has 1 aromatic rings. The van der Waals surface area contributed by atoms with Crippen molar-refractivity contribution in [2.45, 2.75) is 19.8 Å². The Morgan fingerprint density at radius 1 is 1.50 bits per heavy atom. The highest BCUT2D eigenvalue weighted by molar-refractivity contribution is 5.76. The van der Waals surface area contributed by atoms with Crippen LogP contribution in [0.3, 0.4) is 0 Å². The highest BCUT2D eigenvalue weighted by atomic mass is 16.5. The number of hydrogen-bond donors (Lipinski definition) is 2. The third-order valence-corrected chi connectivity index (χ3v) is 2.60. The first-order valence-corrected chi connectivity index (χ1v) is 5.46. The number of ether oxygens (including phenoxy) is 1. The summed E-state index contributed by atoms with van der Waals surface area (Å²) < 4.78 is 5.24. The van der Waals surface area contributed by atoms with Crippen LogP contribution in [-0.2, 0) is 0 Å². The molecule has 2 heterocycles. The number of nitrogens with one attached hydrogen (secondary N) is 1. The summed E-state index contributed by atoms with van der Waals surface area (Å²) in [5.41, 5.74) is 6.51. The van der Waals surface area contributed by atoms with Crippen molar-refractivity contribution in [2.75, 3.05) is 36.3 Å². The number of hydrogen-bond acceptors (Lipinski definition) is 6. The van der Waals surface area contributed by atoms with Crippen molar-refractivity contribution in [2.24, 2.45) is 0 Å². The summed E-state index contributed by atoms with van der Waals surface area (Å²) in [6, 6.07) is 0. The van der Waals surface area contributed by atoms with Gasteiger partial charge in [-0.05, 0) is 6.42 Å². The van der Waals surface area contributed by atoms with Crippen LogP contribution in [0, 0.1) is 0 Å². The van der Waals surface area contributed by atoms with Crippen molar-refractivity contribution in [3.8, 4) is 5.88 Å². The number of fused-ring (bicyclic) bond motifs is 1. The third kappa shape index (κ3) is 1.82. The average molecular weight is 223 g/mol. The number of nitrogen functional groups attached to an aromatic ring is 1. The van der Waals surface area contributed by atoms with Gasteiger partial charge in [-0.2, -0.15) is 9.97 Å². The van der Waals surface area contributed by atoms with Gasteiger partial charge in [0.15, 0.2) is 5.82 Å². The Labute approximate surface area is 94.8 Å². The predicted octanol–water partition coefficient (Wildman–Crippen LogP) is 1.06. The fraction of sp³-hybridized carbons (Fsp3) is 0.600. The van der Waals surface area contributed by atoms with E-state index in [1.54, 1.807) is 7.11 Å². The highest BCUT2D eigenvalue weighted by Gasteiger charge is 2.25. The lowest BCUT2D eigenvalue weighted by atomic mass is 10.3. The van der Waals surface area contributed by atoms with Crippen LogP contribution < -0.4 is 20.7 Å². The lowest BCUT2D eigenvalue weighted by molar-refractivity contribution is 0.398. The molecule has 0 fully saturated rings. The van der Waals surface area contributed by atoms with Gasteiger partial charge in [-0.3, -0.25) is 0 Å². The van der Waals surface area contributed by atoms with E-state index in [0.717, 1.165) is 37.6 Å².